The Kier molecular flexibility index (Phi) is 4.79. The molecular weight excluding hydrogens is 366 g/mol. The lowest BCUT2D eigenvalue weighted by molar-refractivity contribution is -0.142. The predicted molar refractivity (Wildman–Crippen MR) is 101 cm³/mol. The standard InChI is InChI=1S/C21H20ClNO4/c22-14-7-4-6-13(12-14)19(24)17-18(16-10-5-11-27-16)23(21(26)20(17)25)15-8-2-1-3-9-15/h4-7,10-12,15,18,24H,1-3,8-9H2/b19-17-. The number of halogens is 1. The van der Waals surface area contributed by atoms with Crippen molar-refractivity contribution in [2.24, 2.45) is 0 Å². The number of hydrogen-bond donors (Lipinski definition) is 1. The molecule has 6 heteroatoms. The molecule has 1 aromatic carbocycles. The Morgan fingerprint density at radius 1 is 1.11 bits per heavy atom. The lowest BCUT2D eigenvalue weighted by Crippen LogP contribution is -2.40. The molecule has 1 aliphatic heterocycles. The first-order chi connectivity index (χ1) is 13.1. The molecule has 2 fully saturated rings. The van der Waals surface area contributed by atoms with Gasteiger partial charge in [-0.25, -0.2) is 0 Å². The molecule has 0 spiro atoms. The van der Waals surface area contributed by atoms with E-state index in [1.54, 1.807) is 41.3 Å². The maximum Gasteiger partial charge on any atom is 0.296 e. The number of furan rings is 1. The van der Waals surface area contributed by atoms with E-state index in [-0.39, 0.29) is 17.4 Å². The highest BCUT2D eigenvalue weighted by molar-refractivity contribution is 6.46. The molecular formula is C21H20ClNO4. The Hall–Kier alpha value is -2.53. The second kappa shape index (κ2) is 7.24. The lowest BCUT2D eigenvalue weighted by Gasteiger charge is -2.34. The average Bonchev–Trinajstić information content (AvgIpc) is 3.29. The van der Waals surface area contributed by atoms with Crippen LogP contribution in [0, 0.1) is 0 Å². The smallest absolute Gasteiger partial charge is 0.296 e. The third kappa shape index (κ3) is 3.16. The fraction of sp³-hybridized carbons (Fsp3) is 0.333. The molecule has 1 aromatic heterocycles. The number of carbonyl (C=O) groups is 2. The number of Topliss-reactive ketones (excluding diaryl/α,β-unsaturated/α-hetero) is 1. The number of likely N-dealkylation sites (tertiary alicyclic amines) is 1. The molecule has 4 rings (SSSR count). The molecule has 2 aromatic rings. The van der Waals surface area contributed by atoms with E-state index < -0.39 is 17.7 Å². The van der Waals surface area contributed by atoms with Gasteiger partial charge in [-0.3, -0.25) is 9.59 Å². The largest absolute Gasteiger partial charge is 0.507 e. The van der Waals surface area contributed by atoms with Crippen LogP contribution in [-0.2, 0) is 9.59 Å². The second-order valence-corrected chi connectivity index (χ2v) is 7.46. The van der Waals surface area contributed by atoms with Crippen LogP contribution in [0.1, 0.15) is 49.5 Å². The van der Waals surface area contributed by atoms with Gasteiger partial charge in [-0.15, -0.1) is 0 Å². The minimum absolute atomic E-state index is 0.0324. The van der Waals surface area contributed by atoms with E-state index in [0.29, 0.717) is 16.3 Å². The van der Waals surface area contributed by atoms with Crippen LogP contribution in [-0.4, -0.2) is 27.7 Å². The van der Waals surface area contributed by atoms with Crippen molar-refractivity contribution in [1.82, 2.24) is 4.90 Å². The molecule has 140 valence electrons. The fourth-order valence-electron chi connectivity index (χ4n) is 4.10. The van der Waals surface area contributed by atoms with Crippen LogP contribution < -0.4 is 0 Å². The van der Waals surface area contributed by atoms with E-state index in [1.807, 2.05) is 0 Å². The third-order valence-electron chi connectivity index (χ3n) is 5.36. The van der Waals surface area contributed by atoms with Crippen LogP contribution in [0.15, 0.2) is 52.7 Å². The summed E-state index contributed by atoms with van der Waals surface area (Å²) in [7, 11) is 0. The molecule has 1 saturated heterocycles. The van der Waals surface area contributed by atoms with Crippen molar-refractivity contribution >= 4 is 29.1 Å². The molecule has 2 aliphatic rings. The van der Waals surface area contributed by atoms with E-state index >= 15 is 0 Å². The van der Waals surface area contributed by atoms with E-state index in [9.17, 15) is 14.7 Å². The number of amides is 1. The molecule has 1 amide bonds. The highest BCUT2D eigenvalue weighted by Crippen LogP contribution is 2.43. The molecule has 0 radical (unpaired) electrons. The van der Waals surface area contributed by atoms with Crippen molar-refractivity contribution in [2.75, 3.05) is 0 Å². The SMILES string of the molecule is O=C1C(=O)N(C2CCCCC2)C(c2ccco2)/C1=C(/O)c1cccc(Cl)c1. The Morgan fingerprint density at radius 2 is 1.89 bits per heavy atom. The minimum atomic E-state index is -0.720. The molecule has 1 atom stereocenters. The van der Waals surface area contributed by atoms with Crippen molar-refractivity contribution < 1.29 is 19.1 Å². The van der Waals surface area contributed by atoms with Crippen LogP contribution in [0.2, 0.25) is 5.02 Å². The Balaban J connectivity index is 1.85. The molecule has 1 unspecified atom stereocenters. The Labute approximate surface area is 162 Å². The van der Waals surface area contributed by atoms with Crippen LogP contribution in [0.5, 0.6) is 0 Å². The topological polar surface area (TPSA) is 70.8 Å². The summed E-state index contributed by atoms with van der Waals surface area (Å²) in [6.07, 6.45) is 6.38. The number of aliphatic hydroxyl groups is 1. The zero-order valence-electron chi connectivity index (χ0n) is 14.7. The monoisotopic (exact) mass is 385 g/mol. The minimum Gasteiger partial charge on any atom is -0.507 e. The lowest BCUT2D eigenvalue weighted by atomic mass is 9.92. The number of hydrogen-bond acceptors (Lipinski definition) is 4. The zero-order chi connectivity index (χ0) is 19.0. The fourth-order valence-corrected chi connectivity index (χ4v) is 4.29. The first-order valence-electron chi connectivity index (χ1n) is 9.17. The summed E-state index contributed by atoms with van der Waals surface area (Å²) in [5, 5.41) is 11.3. The van der Waals surface area contributed by atoms with Crippen molar-refractivity contribution in [2.45, 2.75) is 44.2 Å². The number of nitrogens with zero attached hydrogens (tertiary/aromatic N) is 1. The van der Waals surface area contributed by atoms with Gasteiger partial charge < -0.3 is 14.4 Å². The van der Waals surface area contributed by atoms with Crippen molar-refractivity contribution in [3.8, 4) is 0 Å². The maximum absolute atomic E-state index is 12.9. The molecule has 1 saturated carbocycles. The third-order valence-corrected chi connectivity index (χ3v) is 5.59. The highest BCUT2D eigenvalue weighted by atomic mass is 35.5. The van der Waals surface area contributed by atoms with Gasteiger partial charge in [0, 0.05) is 16.6 Å². The molecule has 2 heterocycles. The van der Waals surface area contributed by atoms with Gasteiger partial charge in [0.2, 0.25) is 0 Å². The van der Waals surface area contributed by atoms with Gasteiger partial charge in [0.05, 0.1) is 11.8 Å². The molecule has 1 aliphatic carbocycles. The van der Waals surface area contributed by atoms with E-state index in [2.05, 4.69) is 0 Å². The van der Waals surface area contributed by atoms with Crippen LogP contribution in [0.3, 0.4) is 0 Å². The van der Waals surface area contributed by atoms with E-state index in [1.165, 1.54) is 6.26 Å². The highest BCUT2D eigenvalue weighted by Gasteiger charge is 2.50. The van der Waals surface area contributed by atoms with E-state index in [0.717, 1.165) is 32.1 Å². The van der Waals surface area contributed by atoms with Crippen molar-refractivity contribution in [3.63, 3.8) is 0 Å². The second-order valence-electron chi connectivity index (χ2n) is 7.02. The zero-order valence-corrected chi connectivity index (χ0v) is 15.5. The molecule has 0 bridgehead atoms. The molecule has 5 nitrogen and oxygen atoms in total. The number of aliphatic hydroxyl groups excluding tert-OH is 1. The normalized spacial score (nSPS) is 23.1. The summed E-state index contributed by atoms with van der Waals surface area (Å²) in [6, 6.07) is 9.31. The number of benzene rings is 1. The maximum atomic E-state index is 12.9. The number of carbonyl (C=O) groups excluding carboxylic acids is 2. The number of rotatable bonds is 3. The first kappa shape index (κ1) is 17.9. The van der Waals surface area contributed by atoms with Crippen LogP contribution in [0.4, 0.5) is 0 Å². The molecule has 27 heavy (non-hydrogen) atoms. The summed E-state index contributed by atoms with van der Waals surface area (Å²) in [4.78, 5) is 27.4. The summed E-state index contributed by atoms with van der Waals surface area (Å²) in [5.41, 5.74) is 0.462. The van der Waals surface area contributed by atoms with Gasteiger partial charge in [-0.1, -0.05) is 43.0 Å². The quantitative estimate of drug-likeness (QED) is 0.472. The van der Waals surface area contributed by atoms with Gasteiger partial charge in [0.15, 0.2) is 0 Å². The van der Waals surface area contributed by atoms with Gasteiger partial charge in [-0.2, -0.15) is 0 Å². The predicted octanol–water partition coefficient (Wildman–Crippen LogP) is 4.69. The first-order valence-corrected chi connectivity index (χ1v) is 9.55. The Morgan fingerprint density at radius 3 is 2.56 bits per heavy atom. The number of ketones is 1. The van der Waals surface area contributed by atoms with Gasteiger partial charge in [-0.05, 0) is 37.1 Å². The molecule has 1 N–H and O–H groups in total. The van der Waals surface area contributed by atoms with Crippen LogP contribution >= 0.6 is 11.6 Å². The van der Waals surface area contributed by atoms with Gasteiger partial charge in [0.25, 0.3) is 11.7 Å². The van der Waals surface area contributed by atoms with Gasteiger partial charge >= 0.3 is 0 Å². The summed E-state index contributed by atoms with van der Waals surface area (Å²) >= 11 is 6.03. The average molecular weight is 386 g/mol. The van der Waals surface area contributed by atoms with Gasteiger partial charge in [0.1, 0.15) is 17.6 Å². The summed E-state index contributed by atoms with van der Waals surface area (Å²) in [5.74, 6) is -1.01. The van der Waals surface area contributed by atoms with Crippen molar-refractivity contribution in [3.05, 3.63) is 64.6 Å². The summed E-state index contributed by atoms with van der Waals surface area (Å²) in [6.45, 7) is 0. The Bertz CT molecular complexity index is 897. The van der Waals surface area contributed by atoms with Crippen LogP contribution in [0.25, 0.3) is 5.76 Å². The van der Waals surface area contributed by atoms with Crippen molar-refractivity contribution in [1.29, 1.82) is 0 Å². The van der Waals surface area contributed by atoms with E-state index in [4.69, 9.17) is 16.0 Å². The summed E-state index contributed by atoms with van der Waals surface area (Å²) < 4.78 is 5.56.